The summed E-state index contributed by atoms with van der Waals surface area (Å²) in [7, 11) is 0. The van der Waals surface area contributed by atoms with Crippen LogP contribution in [0.5, 0.6) is 0 Å². The monoisotopic (exact) mass is 272 g/mol. The summed E-state index contributed by atoms with van der Waals surface area (Å²) in [6.45, 7) is 5.08. The van der Waals surface area contributed by atoms with Crippen LogP contribution in [0.2, 0.25) is 0 Å². The summed E-state index contributed by atoms with van der Waals surface area (Å²) < 4.78 is 0. The molecule has 0 radical (unpaired) electrons. The van der Waals surface area contributed by atoms with E-state index in [1.54, 1.807) is 0 Å². The van der Waals surface area contributed by atoms with E-state index in [9.17, 15) is 4.79 Å². The molecular weight excluding hydrogens is 248 g/mol. The van der Waals surface area contributed by atoms with Gasteiger partial charge < -0.3 is 4.90 Å². The van der Waals surface area contributed by atoms with Crippen molar-refractivity contribution in [3.05, 3.63) is 35.9 Å². The number of benzene rings is 1. The van der Waals surface area contributed by atoms with Crippen LogP contribution in [0.1, 0.15) is 44.7 Å². The molecule has 1 aromatic rings. The minimum atomic E-state index is 0.00297. The molecule has 3 nitrogen and oxygen atoms in total. The van der Waals surface area contributed by atoms with Gasteiger partial charge in [-0.15, -0.1) is 0 Å². The molecule has 1 saturated carbocycles. The third kappa shape index (κ3) is 2.73. The van der Waals surface area contributed by atoms with E-state index in [2.05, 4.69) is 49.5 Å². The highest BCUT2D eigenvalue weighted by molar-refractivity contribution is 5.84. The second kappa shape index (κ2) is 5.57. The van der Waals surface area contributed by atoms with Crippen LogP contribution in [0.15, 0.2) is 30.3 Å². The molecule has 1 aromatic carbocycles. The number of rotatable bonds is 5. The normalized spacial score (nSPS) is 24.4. The zero-order valence-corrected chi connectivity index (χ0v) is 12.4. The van der Waals surface area contributed by atoms with E-state index < -0.39 is 0 Å². The predicted molar refractivity (Wildman–Crippen MR) is 80.3 cm³/mol. The molecule has 1 heterocycles. The Balaban J connectivity index is 1.71. The van der Waals surface area contributed by atoms with Gasteiger partial charge in [0.1, 0.15) is 0 Å². The highest BCUT2D eigenvalue weighted by Crippen LogP contribution is 2.41. The number of carbonyl (C=O) groups is 1. The molecule has 1 amide bonds. The number of likely N-dealkylation sites (tertiary alicyclic amines) is 1. The molecule has 2 aliphatic rings. The summed E-state index contributed by atoms with van der Waals surface area (Å²) in [5.74, 6) is 0.986. The molecule has 1 aliphatic carbocycles. The van der Waals surface area contributed by atoms with Gasteiger partial charge in [-0.2, -0.15) is 0 Å². The summed E-state index contributed by atoms with van der Waals surface area (Å²) in [6.07, 6.45) is 3.50. The Kier molecular flexibility index (Phi) is 3.79. The average molecular weight is 272 g/mol. The third-order valence-electron chi connectivity index (χ3n) is 4.50. The predicted octanol–water partition coefficient (Wildman–Crippen LogP) is 2.74. The van der Waals surface area contributed by atoms with Crippen molar-refractivity contribution in [2.45, 2.75) is 51.2 Å². The molecule has 2 fully saturated rings. The van der Waals surface area contributed by atoms with Gasteiger partial charge in [0.25, 0.3) is 0 Å². The Morgan fingerprint density at radius 2 is 1.85 bits per heavy atom. The largest absolute Gasteiger partial charge is 0.339 e. The van der Waals surface area contributed by atoms with Crippen LogP contribution in [0, 0.1) is 5.92 Å². The van der Waals surface area contributed by atoms with Crippen molar-refractivity contribution < 1.29 is 4.79 Å². The van der Waals surface area contributed by atoms with Crippen molar-refractivity contribution in [2.75, 3.05) is 6.54 Å². The van der Waals surface area contributed by atoms with Gasteiger partial charge >= 0.3 is 0 Å². The SMILES string of the molecule is CC(C)N1CC[C@H](N[C@H](c2ccccc2)C2CC2)C1=O. The van der Waals surface area contributed by atoms with E-state index in [1.165, 1.54) is 18.4 Å². The standard InChI is InChI=1S/C17H24N2O/c1-12(2)19-11-10-15(17(19)20)18-16(14-8-9-14)13-6-4-3-5-7-13/h3-7,12,14-16,18H,8-11H2,1-2H3/t15-,16+/m0/s1. The molecule has 2 atom stereocenters. The number of nitrogens with zero attached hydrogens (tertiary/aromatic N) is 1. The molecule has 20 heavy (non-hydrogen) atoms. The molecule has 1 saturated heterocycles. The molecule has 1 aliphatic heterocycles. The molecule has 0 bridgehead atoms. The average Bonchev–Trinajstić information content (AvgIpc) is 3.21. The highest BCUT2D eigenvalue weighted by Gasteiger charge is 2.38. The Morgan fingerprint density at radius 1 is 1.15 bits per heavy atom. The Labute approximate surface area is 121 Å². The van der Waals surface area contributed by atoms with Crippen molar-refractivity contribution in [1.29, 1.82) is 0 Å². The minimum absolute atomic E-state index is 0.00297. The first kappa shape index (κ1) is 13.6. The van der Waals surface area contributed by atoms with Gasteiger partial charge in [-0.3, -0.25) is 10.1 Å². The first-order chi connectivity index (χ1) is 9.66. The van der Waals surface area contributed by atoms with Crippen molar-refractivity contribution in [3.8, 4) is 0 Å². The van der Waals surface area contributed by atoms with Crippen molar-refractivity contribution in [1.82, 2.24) is 10.2 Å². The maximum absolute atomic E-state index is 12.4. The van der Waals surface area contributed by atoms with E-state index in [1.807, 2.05) is 4.90 Å². The van der Waals surface area contributed by atoms with Gasteiger partial charge in [0, 0.05) is 18.6 Å². The van der Waals surface area contributed by atoms with Crippen LogP contribution in [0.25, 0.3) is 0 Å². The number of amides is 1. The van der Waals surface area contributed by atoms with Gasteiger partial charge in [-0.1, -0.05) is 30.3 Å². The fourth-order valence-electron chi connectivity index (χ4n) is 3.18. The van der Waals surface area contributed by atoms with Gasteiger partial charge in [0.15, 0.2) is 0 Å². The molecule has 108 valence electrons. The molecule has 1 N–H and O–H groups in total. The number of nitrogens with one attached hydrogen (secondary N) is 1. The van der Waals surface area contributed by atoms with Gasteiger partial charge in [0.2, 0.25) is 5.91 Å². The van der Waals surface area contributed by atoms with E-state index in [4.69, 9.17) is 0 Å². The van der Waals surface area contributed by atoms with Crippen LogP contribution in [0.3, 0.4) is 0 Å². The quantitative estimate of drug-likeness (QED) is 0.894. The lowest BCUT2D eigenvalue weighted by Gasteiger charge is -2.24. The van der Waals surface area contributed by atoms with E-state index in [0.29, 0.717) is 18.0 Å². The maximum Gasteiger partial charge on any atom is 0.240 e. The topological polar surface area (TPSA) is 32.3 Å². The summed E-state index contributed by atoms with van der Waals surface area (Å²) in [6, 6.07) is 11.2. The van der Waals surface area contributed by atoms with Gasteiger partial charge in [-0.25, -0.2) is 0 Å². The molecular formula is C17H24N2O. The number of carbonyl (C=O) groups excluding carboxylic acids is 1. The third-order valence-corrected chi connectivity index (χ3v) is 4.50. The van der Waals surface area contributed by atoms with E-state index in [0.717, 1.165) is 13.0 Å². The molecule has 0 spiro atoms. The number of hydrogen-bond acceptors (Lipinski definition) is 2. The van der Waals surface area contributed by atoms with Crippen LogP contribution in [-0.4, -0.2) is 29.4 Å². The van der Waals surface area contributed by atoms with Crippen LogP contribution in [-0.2, 0) is 4.79 Å². The Hall–Kier alpha value is -1.35. The summed E-state index contributed by atoms with van der Waals surface area (Å²) in [5, 5.41) is 3.64. The zero-order valence-electron chi connectivity index (χ0n) is 12.4. The molecule has 3 rings (SSSR count). The summed E-state index contributed by atoms with van der Waals surface area (Å²) >= 11 is 0. The van der Waals surface area contributed by atoms with Gasteiger partial charge in [-0.05, 0) is 44.6 Å². The fraction of sp³-hybridized carbons (Fsp3) is 0.588. The van der Waals surface area contributed by atoms with Crippen molar-refractivity contribution >= 4 is 5.91 Å². The fourth-order valence-corrected chi connectivity index (χ4v) is 3.18. The Morgan fingerprint density at radius 3 is 2.40 bits per heavy atom. The maximum atomic E-state index is 12.4. The van der Waals surface area contributed by atoms with Gasteiger partial charge in [0.05, 0.1) is 6.04 Å². The van der Waals surface area contributed by atoms with Crippen molar-refractivity contribution in [2.24, 2.45) is 5.92 Å². The molecule has 0 unspecified atom stereocenters. The Bertz CT molecular complexity index is 467. The zero-order chi connectivity index (χ0) is 14.1. The smallest absolute Gasteiger partial charge is 0.240 e. The lowest BCUT2D eigenvalue weighted by atomic mass is 10.0. The second-order valence-corrected chi connectivity index (χ2v) is 6.36. The van der Waals surface area contributed by atoms with E-state index >= 15 is 0 Å². The van der Waals surface area contributed by atoms with E-state index in [-0.39, 0.29) is 11.9 Å². The lowest BCUT2D eigenvalue weighted by molar-refractivity contribution is -0.131. The second-order valence-electron chi connectivity index (χ2n) is 6.36. The minimum Gasteiger partial charge on any atom is -0.339 e. The summed E-state index contributed by atoms with van der Waals surface area (Å²) in [4.78, 5) is 14.4. The van der Waals surface area contributed by atoms with Crippen LogP contribution >= 0.6 is 0 Å². The number of hydrogen-bond donors (Lipinski definition) is 1. The molecule has 3 heteroatoms. The molecule has 0 aromatic heterocycles. The first-order valence-electron chi connectivity index (χ1n) is 7.78. The first-order valence-corrected chi connectivity index (χ1v) is 7.78. The van der Waals surface area contributed by atoms with Crippen molar-refractivity contribution in [3.63, 3.8) is 0 Å². The highest BCUT2D eigenvalue weighted by atomic mass is 16.2. The van der Waals surface area contributed by atoms with Crippen LogP contribution in [0.4, 0.5) is 0 Å². The van der Waals surface area contributed by atoms with Crippen LogP contribution < -0.4 is 5.32 Å². The lowest BCUT2D eigenvalue weighted by Crippen LogP contribution is -2.42. The summed E-state index contributed by atoms with van der Waals surface area (Å²) in [5.41, 5.74) is 1.32.